The Balaban J connectivity index is 0.000000255. The molecule has 0 saturated heterocycles. The lowest BCUT2D eigenvalue weighted by Crippen LogP contribution is -2.53. The molecule has 65 heavy (non-hydrogen) atoms. The van der Waals surface area contributed by atoms with Gasteiger partial charge in [0.1, 0.15) is 23.7 Å². The molecule has 2 aromatic heterocycles. The van der Waals surface area contributed by atoms with Crippen molar-refractivity contribution in [3.8, 4) is 22.8 Å². The molecule has 6 rings (SSSR count). The SMILES string of the molecule is CCS(=O)(=O)Cl.CCS(=O)(=O)N1CCn2c(-c3ccccc3)nc(C(=O)N[C@H](C(=O)NC)C(C)(C)C)c2C1.CNC(=O)[C@@H](NC(=O)c1nc(-c2ccccc2)n2c1CNCC2)C(C)(C)C. The number of likely N-dealkylation sites (N-methyl/N-ethyl adjacent to an activating group) is 2. The van der Waals surface area contributed by atoms with Crippen molar-refractivity contribution in [1.82, 2.24) is 50.0 Å². The highest BCUT2D eigenvalue weighted by Crippen LogP contribution is 2.29. The number of rotatable bonds is 11. The molecule has 0 spiro atoms. The number of carbonyl (C=O) groups excluding carboxylic acids is 4. The maximum Gasteiger partial charge on any atom is 0.272 e. The Morgan fingerprint density at radius 1 is 0.677 bits per heavy atom. The zero-order chi connectivity index (χ0) is 48.5. The van der Waals surface area contributed by atoms with Crippen LogP contribution in [0.2, 0.25) is 0 Å². The third-order valence-corrected chi connectivity index (χ3v) is 13.9. The zero-order valence-corrected chi connectivity index (χ0v) is 41.2. The molecule has 5 N–H and O–H groups in total. The standard InChI is InChI=1S/C22H31N5O4S.C20H27N5O2.C2H5ClO2S/c1-6-32(30,31)26-12-13-27-16(14-26)17(24-19(27)15-10-8-7-9-11-15)20(28)25-18(21(29)23-5)22(2,3)4;1-20(2,3)16(19(27)21-4)24-18(26)15-14-12-22-10-11-25(14)17(23-15)13-8-6-5-7-9-13;1-2-6(3,4)5/h7-11,18H,6,12-14H2,1-5H3,(H,23,29)(H,25,28);5-9,16,22H,10-12H2,1-4H3,(H,21,27)(H,24,26);2H2,1H3/t18-;16-;/m11./s1. The van der Waals surface area contributed by atoms with Crippen molar-refractivity contribution in [1.29, 1.82) is 0 Å². The van der Waals surface area contributed by atoms with Gasteiger partial charge in [-0.25, -0.2) is 26.8 Å². The predicted molar refractivity (Wildman–Crippen MR) is 252 cm³/mol. The maximum atomic E-state index is 13.3. The van der Waals surface area contributed by atoms with E-state index < -0.39 is 47.9 Å². The van der Waals surface area contributed by atoms with Crippen LogP contribution in [0.3, 0.4) is 0 Å². The van der Waals surface area contributed by atoms with Crippen molar-refractivity contribution in [2.75, 3.05) is 38.7 Å². The summed E-state index contributed by atoms with van der Waals surface area (Å²) in [5, 5.41) is 14.2. The number of sulfonamides is 1. The summed E-state index contributed by atoms with van der Waals surface area (Å²) in [7, 11) is 1.16. The molecule has 2 aliphatic heterocycles. The highest BCUT2D eigenvalue weighted by Gasteiger charge is 2.37. The number of amides is 4. The number of fused-ring (bicyclic) bond motifs is 2. The molecule has 18 nitrogen and oxygen atoms in total. The molecule has 21 heteroatoms. The Hall–Kier alpha value is -5.15. The number of imidazole rings is 2. The predicted octanol–water partition coefficient (Wildman–Crippen LogP) is 3.72. The third kappa shape index (κ3) is 13.5. The number of halogens is 1. The van der Waals surface area contributed by atoms with Crippen LogP contribution in [0.1, 0.15) is 87.8 Å². The van der Waals surface area contributed by atoms with Gasteiger partial charge >= 0.3 is 0 Å². The van der Waals surface area contributed by atoms with Crippen LogP contribution in [0.15, 0.2) is 60.7 Å². The molecule has 0 unspecified atom stereocenters. The van der Waals surface area contributed by atoms with E-state index >= 15 is 0 Å². The van der Waals surface area contributed by atoms with E-state index in [0.717, 1.165) is 35.7 Å². The van der Waals surface area contributed by atoms with Gasteiger partial charge in [-0.15, -0.1) is 0 Å². The highest BCUT2D eigenvalue weighted by molar-refractivity contribution is 8.13. The normalized spacial score (nSPS) is 15.0. The van der Waals surface area contributed by atoms with Crippen LogP contribution in [0.5, 0.6) is 0 Å². The Kier molecular flexibility index (Phi) is 17.7. The molecule has 0 bridgehead atoms. The van der Waals surface area contributed by atoms with E-state index in [1.165, 1.54) is 18.3 Å². The van der Waals surface area contributed by atoms with Gasteiger partial charge in [-0.3, -0.25) is 19.2 Å². The lowest BCUT2D eigenvalue weighted by molar-refractivity contribution is -0.125. The molecule has 0 saturated carbocycles. The van der Waals surface area contributed by atoms with E-state index in [0.29, 0.717) is 36.8 Å². The smallest absolute Gasteiger partial charge is 0.272 e. The van der Waals surface area contributed by atoms with Gasteiger partial charge in [-0.05, 0) is 17.8 Å². The summed E-state index contributed by atoms with van der Waals surface area (Å²) < 4.78 is 49.9. The number of aromatic nitrogens is 4. The van der Waals surface area contributed by atoms with Crippen molar-refractivity contribution < 1.29 is 36.0 Å². The van der Waals surface area contributed by atoms with Crippen molar-refractivity contribution in [3.05, 3.63) is 83.4 Å². The van der Waals surface area contributed by atoms with Gasteiger partial charge in [-0.1, -0.05) is 109 Å². The first-order valence-electron chi connectivity index (χ1n) is 21.3. The minimum absolute atomic E-state index is 0.00849. The second-order valence-electron chi connectivity index (χ2n) is 17.5. The Bertz CT molecular complexity index is 2530. The molecule has 2 atom stereocenters. The van der Waals surface area contributed by atoms with E-state index in [9.17, 15) is 36.0 Å². The fourth-order valence-corrected chi connectivity index (χ4v) is 8.13. The Labute approximate surface area is 387 Å². The van der Waals surface area contributed by atoms with E-state index in [1.54, 1.807) is 14.0 Å². The van der Waals surface area contributed by atoms with Crippen LogP contribution >= 0.6 is 10.7 Å². The van der Waals surface area contributed by atoms with Gasteiger partial charge in [0.2, 0.25) is 30.9 Å². The highest BCUT2D eigenvalue weighted by atomic mass is 35.7. The monoisotopic (exact) mass is 958 g/mol. The molecular weight excluding hydrogens is 896 g/mol. The second kappa shape index (κ2) is 21.9. The first-order chi connectivity index (χ1) is 30.4. The fourth-order valence-electron chi connectivity index (χ4n) is 7.09. The molecule has 0 radical (unpaired) electrons. The average molecular weight is 960 g/mol. The van der Waals surface area contributed by atoms with Gasteiger partial charge < -0.3 is 35.7 Å². The molecule has 2 aliphatic rings. The van der Waals surface area contributed by atoms with Crippen LogP contribution < -0.4 is 26.6 Å². The molecular formula is C44H63ClN10O8S2. The average Bonchev–Trinajstić information content (AvgIpc) is 3.86. The summed E-state index contributed by atoms with van der Waals surface area (Å²) in [5.74, 6) is 0.0214. The summed E-state index contributed by atoms with van der Waals surface area (Å²) >= 11 is 0. The summed E-state index contributed by atoms with van der Waals surface area (Å²) in [6.45, 7) is 17.3. The van der Waals surface area contributed by atoms with Gasteiger partial charge in [0.25, 0.3) is 11.8 Å². The van der Waals surface area contributed by atoms with Gasteiger partial charge in [0.05, 0.1) is 29.4 Å². The van der Waals surface area contributed by atoms with Crippen LogP contribution in [0.4, 0.5) is 0 Å². The molecule has 4 aromatic rings. The number of nitrogens with one attached hydrogen (secondary N) is 5. The summed E-state index contributed by atoms with van der Waals surface area (Å²) in [6, 6.07) is 17.9. The summed E-state index contributed by atoms with van der Waals surface area (Å²) in [5.41, 5.74) is 2.73. The zero-order valence-electron chi connectivity index (χ0n) is 38.8. The third-order valence-electron chi connectivity index (χ3n) is 10.7. The van der Waals surface area contributed by atoms with Crippen molar-refractivity contribution in [3.63, 3.8) is 0 Å². The fraction of sp³-hybridized carbons (Fsp3) is 0.500. The van der Waals surface area contributed by atoms with E-state index in [1.807, 2.05) is 107 Å². The van der Waals surface area contributed by atoms with Crippen molar-refractivity contribution in [2.45, 2.75) is 93.7 Å². The Morgan fingerprint density at radius 3 is 1.48 bits per heavy atom. The number of carbonyl (C=O) groups is 4. The Morgan fingerprint density at radius 2 is 1.09 bits per heavy atom. The van der Waals surface area contributed by atoms with E-state index in [-0.39, 0.29) is 41.5 Å². The minimum atomic E-state index is -3.43. The van der Waals surface area contributed by atoms with Crippen LogP contribution in [0, 0.1) is 10.8 Å². The first kappa shape index (κ1) is 52.5. The molecule has 0 aliphatic carbocycles. The summed E-state index contributed by atoms with van der Waals surface area (Å²) in [4.78, 5) is 60.4. The summed E-state index contributed by atoms with van der Waals surface area (Å²) in [6.07, 6.45) is 0. The molecule has 4 heterocycles. The van der Waals surface area contributed by atoms with E-state index in [4.69, 9.17) is 0 Å². The van der Waals surface area contributed by atoms with Gasteiger partial charge in [0, 0.05) is 68.6 Å². The number of benzene rings is 2. The van der Waals surface area contributed by atoms with Gasteiger partial charge in [0.15, 0.2) is 11.4 Å². The number of hydrogen-bond acceptors (Lipinski definition) is 11. The maximum absolute atomic E-state index is 13.3. The number of hydrogen-bond donors (Lipinski definition) is 5. The molecule has 4 amide bonds. The number of nitrogens with zero attached hydrogens (tertiary/aromatic N) is 5. The van der Waals surface area contributed by atoms with Crippen LogP contribution in [-0.2, 0) is 54.8 Å². The topological polar surface area (TPSA) is 236 Å². The largest absolute Gasteiger partial charge is 0.357 e. The minimum Gasteiger partial charge on any atom is -0.357 e. The lowest BCUT2D eigenvalue weighted by atomic mass is 9.86. The van der Waals surface area contributed by atoms with Crippen molar-refractivity contribution in [2.24, 2.45) is 10.8 Å². The van der Waals surface area contributed by atoms with Gasteiger partial charge in [-0.2, -0.15) is 4.31 Å². The van der Waals surface area contributed by atoms with Crippen LogP contribution in [-0.4, -0.2) is 115 Å². The lowest BCUT2D eigenvalue weighted by Gasteiger charge is -2.30. The molecule has 2 aromatic carbocycles. The first-order valence-corrected chi connectivity index (χ1v) is 25.4. The van der Waals surface area contributed by atoms with Crippen molar-refractivity contribution >= 4 is 53.4 Å². The van der Waals surface area contributed by atoms with E-state index in [2.05, 4.69) is 51.8 Å². The second-order valence-corrected chi connectivity index (χ2v) is 22.8. The molecule has 356 valence electrons. The quantitative estimate of drug-likeness (QED) is 0.136. The van der Waals surface area contributed by atoms with Crippen LogP contribution in [0.25, 0.3) is 22.8 Å². The molecule has 0 fully saturated rings.